The van der Waals surface area contributed by atoms with E-state index >= 15 is 0 Å². The Morgan fingerprint density at radius 3 is 2.44 bits per heavy atom. The van der Waals surface area contributed by atoms with Crippen molar-refractivity contribution in [2.45, 2.75) is 32.9 Å². The van der Waals surface area contributed by atoms with Crippen molar-refractivity contribution in [1.82, 2.24) is 19.8 Å². The molecule has 3 amide bonds. The third-order valence-corrected chi connectivity index (χ3v) is 3.34. The molecule has 1 saturated heterocycles. The lowest BCUT2D eigenvalue weighted by Crippen LogP contribution is -2.36. The van der Waals surface area contributed by atoms with Gasteiger partial charge in [-0.25, -0.2) is 9.78 Å². The average Bonchev–Trinajstić information content (AvgIpc) is 2.82. The van der Waals surface area contributed by atoms with Crippen molar-refractivity contribution in [3.8, 4) is 0 Å². The van der Waals surface area contributed by atoms with Gasteiger partial charge in [0, 0.05) is 7.05 Å². The summed E-state index contributed by atoms with van der Waals surface area (Å²) in [5.41, 5.74) is 0.836. The fourth-order valence-corrected chi connectivity index (χ4v) is 2.24. The highest BCUT2D eigenvalue weighted by Crippen LogP contribution is 2.25. The maximum Gasteiger partial charge on any atom is 0.325 e. The van der Waals surface area contributed by atoms with Crippen LogP contribution in [0.5, 0.6) is 0 Å². The Hall–Kier alpha value is -1.85. The second-order valence-electron chi connectivity index (χ2n) is 4.98. The number of carbonyl (C=O) groups is 2. The van der Waals surface area contributed by atoms with Crippen LogP contribution < -0.4 is 5.32 Å². The van der Waals surface area contributed by atoms with Crippen molar-refractivity contribution in [2.24, 2.45) is 13.0 Å². The molecule has 0 aliphatic carbocycles. The first-order chi connectivity index (χ1) is 8.43. The number of hydrogen-bond donors (Lipinski definition) is 1. The third-order valence-electron chi connectivity index (χ3n) is 3.34. The number of nitrogens with one attached hydrogen (secondary N) is 1. The van der Waals surface area contributed by atoms with Gasteiger partial charge in [0.05, 0.1) is 24.3 Å². The topological polar surface area (TPSA) is 67.2 Å². The standard InChI is InChI=1S/C12H18N4O2/c1-7(2)10-11(17)16(12(18)14-10)8(3)9-5-13-6-15(9)4/h5-8,10H,1-4H3,(H,14,18). The molecule has 6 heteroatoms. The second-order valence-corrected chi connectivity index (χ2v) is 4.98. The van der Waals surface area contributed by atoms with Crippen LogP contribution in [0.15, 0.2) is 12.5 Å². The summed E-state index contributed by atoms with van der Waals surface area (Å²) >= 11 is 0. The van der Waals surface area contributed by atoms with Gasteiger partial charge in [0.15, 0.2) is 0 Å². The molecule has 0 aromatic carbocycles. The molecule has 98 valence electrons. The number of aromatic nitrogens is 2. The van der Waals surface area contributed by atoms with Crippen molar-refractivity contribution in [3.63, 3.8) is 0 Å². The van der Waals surface area contributed by atoms with Crippen molar-refractivity contribution in [2.75, 3.05) is 0 Å². The van der Waals surface area contributed by atoms with E-state index in [1.165, 1.54) is 4.90 Å². The van der Waals surface area contributed by atoms with Crippen LogP contribution in [0.2, 0.25) is 0 Å². The van der Waals surface area contributed by atoms with E-state index in [-0.39, 0.29) is 23.9 Å². The first kappa shape index (κ1) is 12.6. The van der Waals surface area contributed by atoms with E-state index in [1.54, 1.807) is 12.5 Å². The highest BCUT2D eigenvalue weighted by molar-refractivity contribution is 6.04. The van der Waals surface area contributed by atoms with Gasteiger partial charge in [0.1, 0.15) is 6.04 Å². The Morgan fingerprint density at radius 1 is 1.33 bits per heavy atom. The molecule has 1 aromatic heterocycles. The third kappa shape index (κ3) is 1.87. The van der Waals surface area contributed by atoms with Gasteiger partial charge in [0.25, 0.3) is 5.91 Å². The lowest BCUT2D eigenvalue weighted by Gasteiger charge is -2.22. The zero-order valence-corrected chi connectivity index (χ0v) is 11.0. The summed E-state index contributed by atoms with van der Waals surface area (Å²) in [6.45, 7) is 5.67. The van der Waals surface area contributed by atoms with Crippen molar-refractivity contribution in [1.29, 1.82) is 0 Å². The Bertz CT molecular complexity index is 480. The molecule has 0 radical (unpaired) electrons. The first-order valence-electron chi connectivity index (χ1n) is 6.03. The molecule has 0 saturated carbocycles. The Morgan fingerprint density at radius 2 is 2.00 bits per heavy atom. The van der Waals surface area contributed by atoms with Gasteiger partial charge in [-0.3, -0.25) is 9.69 Å². The summed E-state index contributed by atoms with van der Waals surface area (Å²) < 4.78 is 1.81. The molecule has 18 heavy (non-hydrogen) atoms. The fourth-order valence-electron chi connectivity index (χ4n) is 2.24. The summed E-state index contributed by atoms with van der Waals surface area (Å²) in [7, 11) is 1.84. The summed E-state index contributed by atoms with van der Waals surface area (Å²) in [5, 5.41) is 2.72. The van der Waals surface area contributed by atoms with Gasteiger partial charge in [-0.2, -0.15) is 0 Å². The molecule has 2 heterocycles. The van der Waals surface area contributed by atoms with Gasteiger partial charge in [-0.15, -0.1) is 0 Å². The molecule has 1 N–H and O–H groups in total. The van der Waals surface area contributed by atoms with Crippen molar-refractivity contribution >= 4 is 11.9 Å². The average molecular weight is 250 g/mol. The van der Waals surface area contributed by atoms with E-state index in [0.29, 0.717) is 0 Å². The minimum absolute atomic E-state index is 0.0881. The molecular weight excluding hydrogens is 232 g/mol. The summed E-state index contributed by atoms with van der Waals surface area (Å²) in [4.78, 5) is 29.4. The lowest BCUT2D eigenvalue weighted by atomic mass is 10.0. The molecule has 2 unspecified atom stereocenters. The molecule has 1 aliphatic heterocycles. The fraction of sp³-hybridized carbons (Fsp3) is 0.583. The number of amides is 3. The molecule has 1 fully saturated rings. The molecule has 2 rings (SSSR count). The number of imidazole rings is 1. The number of imide groups is 1. The SMILES string of the molecule is CC(C)C1NC(=O)N(C(C)c2cncn2C)C1=O. The normalized spacial score (nSPS) is 21.6. The van der Waals surface area contributed by atoms with Crippen LogP contribution in [0.1, 0.15) is 32.5 Å². The van der Waals surface area contributed by atoms with Gasteiger partial charge >= 0.3 is 6.03 Å². The Kier molecular flexibility index (Phi) is 3.11. The van der Waals surface area contributed by atoms with E-state index in [2.05, 4.69) is 10.3 Å². The lowest BCUT2D eigenvalue weighted by molar-refractivity contribution is -0.129. The maximum atomic E-state index is 12.2. The summed E-state index contributed by atoms with van der Waals surface area (Å²) in [6, 6.07) is -1.06. The maximum absolute atomic E-state index is 12.2. The van der Waals surface area contributed by atoms with Crippen LogP contribution in [-0.2, 0) is 11.8 Å². The second kappa shape index (κ2) is 4.44. The van der Waals surface area contributed by atoms with Crippen LogP contribution in [0.3, 0.4) is 0 Å². The summed E-state index contributed by atoms with van der Waals surface area (Å²) in [6.07, 6.45) is 3.33. The number of rotatable bonds is 3. The van der Waals surface area contributed by atoms with Crippen LogP contribution >= 0.6 is 0 Å². The Labute approximate surface area is 106 Å². The van der Waals surface area contributed by atoms with Crippen LogP contribution in [-0.4, -0.2) is 32.4 Å². The highest BCUT2D eigenvalue weighted by Gasteiger charge is 2.42. The predicted octanol–water partition coefficient (Wildman–Crippen LogP) is 1.06. The molecule has 6 nitrogen and oxygen atoms in total. The number of nitrogens with zero attached hydrogens (tertiary/aromatic N) is 3. The molecular formula is C12H18N4O2. The van der Waals surface area contributed by atoms with Crippen LogP contribution in [0.4, 0.5) is 4.79 Å². The van der Waals surface area contributed by atoms with E-state index in [4.69, 9.17) is 0 Å². The van der Waals surface area contributed by atoms with Gasteiger partial charge in [-0.05, 0) is 12.8 Å². The quantitative estimate of drug-likeness (QED) is 0.816. The van der Waals surface area contributed by atoms with E-state index in [9.17, 15) is 9.59 Å². The zero-order chi connectivity index (χ0) is 13.4. The molecule has 1 aromatic rings. The number of carbonyl (C=O) groups excluding carboxylic acids is 2. The summed E-state index contributed by atoms with van der Waals surface area (Å²) in [5.74, 6) is -0.0751. The largest absolute Gasteiger partial charge is 0.336 e. The zero-order valence-electron chi connectivity index (χ0n) is 11.0. The monoisotopic (exact) mass is 250 g/mol. The number of aryl methyl sites for hydroxylation is 1. The van der Waals surface area contributed by atoms with Gasteiger partial charge in [0.2, 0.25) is 0 Å². The van der Waals surface area contributed by atoms with Gasteiger partial charge in [-0.1, -0.05) is 13.8 Å². The van der Waals surface area contributed by atoms with E-state index in [0.717, 1.165) is 5.69 Å². The van der Waals surface area contributed by atoms with E-state index in [1.807, 2.05) is 32.4 Å². The highest BCUT2D eigenvalue weighted by atomic mass is 16.2. The minimum atomic E-state index is -0.423. The predicted molar refractivity (Wildman–Crippen MR) is 65.6 cm³/mol. The van der Waals surface area contributed by atoms with E-state index < -0.39 is 6.04 Å². The number of urea groups is 1. The molecule has 2 atom stereocenters. The first-order valence-corrected chi connectivity index (χ1v) is 6.03. The molecule has 0 bridgehead atoms. The smallest absolute Gasteiger partial charge is 0.325 e. The Balaban J connectivity index is 2.26. The minimum Gasteiger partial charge on any atom is -0.336 e. The number of hydrogen-bond acceptors (Lipinski definition) is 3. The molecule has 0 spiro atoms. The van der Waals surface area contributed by atoms with Crippen LogP contribution in [0.25, 0.3) is 0 Å². The van der Waals surface area contributed by atoms with Crippen molar-refractivity contribution < 1.29 is 9.59 Å². The molecule has 1 aliphatic rings. The van der Waals surface area contributed by atoms with Crippen LogP contribution in [0, 0.1) is 5.92 Å². The van der Waals surface area contributed by atoms with Crippen molar-refractivity contribution in [3.05, 3.63) is 18.2 Å². The van der Waals surface area contributed by atoms with Gasteiger partial charge < -0.3 is 9.88 Å².